The maximum Gasteiger partial charge on any atom is 0.0731 e. The van der Waals surface area contributed by atoms with Gasteiger partial charge < -0.3 is 9.80 Å². The van der Waals surface area contributed by atoms with Gasteiger partial charge >= 0.3 is 0 Å². The number of nitrogens with zero attached hydrogens (tertiary/aromatic N) is 2. The number of fused-ring (bicyclic) bond motifs is 10. The molecule has 81 heavy (non-hydrogen) atoms. The van der Waals surface area contributed by atoms with Crippen LogP contribution in [0.1, 0.15) is 22.3 Å². The molecule has 0 fully saturated rings. The van der Waals surface area contributed by atoms with Crippen LogP contribution in [0, 0.1) is 0 Å². The van der Waals surface area contributed by atoms with Crippen molar-refractivity contribution >= 4 is 34.1 Å². The van der Waals surface area contributed by atoms with E-state index in [9.17, 15) is 0 Å². The van der Waals surface area contributed by atoms with Gasteiger partial charge in [0.05, 0.1) is 16.8 Å². The first kappa shape index (κ1) is 47.7. The molecular formula is C79H54N2. The van der Waals surface area contributed by atoms with E-state index in [0.29, 0.717) is 0 Å². The van der Waals surface area contributed by atoms with Crippen molar-refractivity contribution in [1.82, 2.24) is 0 Å². The van der Waals surface area contributed by atoms with Gasteiger partial charge in [0, 0.05) is 33.9 Å². The Bertz CT molecular complexity index is 4180. The molecular weight excluding hydrogens is 977 g/mol. The van der Waals surface area contributed by atoms with Crippen molar-refractivity contribution in [3.8, 4) is 77.9 Å². The summed E-state index contributed by atoms with van der Waals surface area (Å²) >= 11 is 0. The standard InChI is InChI=1S/C79H54N2/c1-5-24-55(25-6-1)57-44-48-62(49-45-57)80(76-42-21-16-32-66(76)59-28-9-3-10-29-59)64-52-61(68-37-23-38-72-71-36-15-20-41-75(71)79(78(68)72)73-39-18-13-34-69(73)70-35-14-19-40-74(70)79)53-65(54-64)81(63-50-46-58(47-51-63)56-26-7-2-8-27-56)77-43-22-17-33-67(77)60-30-11-4-12-31-60/h1-54H. The third kappa shape index (κ3) is 8.03. The molecule has 0 bridgehead atoms. The first-order valence-corrected chi connectivity index (χ1v) is 28.0. The summed E-state index contributed by atoms with van der Waals surface area (Å²) in [4.78, 5) is 4.97. The van der Waals surface area contributed by atoms with Crippen molar-refractivity contribution in [3.63, 3.8) is 0 Å². The van der Waals surface area contributed by atoms with Gasteiger partial charge in [-0.3, -0.25) is 0 Å². The average molecular weight is 1030 g/mol. The molecule has 0 saturated heterocycles. The Hall–Kier alpha value is -10.5. The summed E-state index contributed by atoms with van der Waals surface area (Å²) in [5, 5.41) is 0. The van der Waals surface area contributed by atoms with E-state index in [-0.39, 0.29) is 0 Å². The van der Waals surface area contributed by atoms with Gasteiger partial charge in [-0.15, -0.1) is 0 Å². The molecule has 0 aromatic heterocycles. The predicted octanol–water partition coefficient (Wildman–Crippen LogP) is 21.3. The van der Waals surface area contributed by atoms with E-state index < -0.39 is 5.41 Å². The number of anilines is 6. The fourth-order valence-electron chi connectivity index (χ4n) is 13.2. The molecule has 2 heteroatoms. The van der Waals surface area contributed by atoms with Crippen molar-refractivity contribution in [1.29, 1.82) is 0 Å². The van der Waals surface area contributed by atoms with Crippen LogP contribution in [-0.4, -0.2) is 0 Å². The highest BCUT2D eigenvalue weighted by atomic mass is 15.2. The molecule has 15 rings (SSSR count). The van der Waals surface area contributed by atoms with Gasteiger partial charge in [-0.05, 0) is 144 Å². The molecule has 13 aromatic carbocycles. The molecule has 0 amide bonds. The van der Waals surface area contributed by atoms with E-state index in [2.05, 4.69) is 337 Å². The summed E-state index contributed by atoms with van der Waals surface area (Å²) < 4.78 is 0. The molecule has 0 saturated carbocycles. The minimum absolute atomic E-state index is 0.578. The third-order valence-electron chi connectivity index (χ3n) is 16.7. The van der Waals surface area contributed by atoms with Crippen LogP contribution in [0.15, 0.2) is 328 Å². The Morgan fingerprint density at radius 3 is 0.914 bits per heavy atom. The second-order valence-electron chi connectivity index (χ2n) is 21.1. The van der Waals surface area contributed by atoms with Gasteiger partial charge in [-0.2, -0.15) is 0 Å². The van der Waals surface area contributed by atoms with Crippen LogP contribution in [0.4, 0.5) is 34.1 Å². The van der Waals surface area contributed by atoms with Gasteiger partial charge in [0.15, 0.2) is 0 Å². The largest absolute Gasteiger partial charge is 0.310 e. The number of benzene rings is 13. The molecule has 0 heterocycles. The highest BCUT2D eigenvalue weighted by Crippen LogP contribution is 2.65. The lowest BCUT2D eigenvalue weighted by Gasteiger charge is -2.34. The Morgan fingerprint density at radius 2 is 0.494 bits per heavy atom. The molecule has 0 unspecified atom stereocenters. The minimum Gasteiger partial charge on any atom is -0.310 e. The second-order valence-corrected chi connectivity index (χ2v) is 21.1. The first-order valence-electron chi connectivity index (χ1n) is 28.0. The van der Waals surface area contributed by atoms with E-state index in [4.69, 9.17) is 0 Å². The quantitative estimate of drug-likeness (QED) is 0.127. The summed E-state index contributed by atoms with van der Waals surface area (Å²) in [6.07, 6.45) is 0. The molecule has 0 radical (unpaired) electrons. The molecule has 13 aromatic rings. The molecule has 2 aliphatic carbocycles. The number of para-hydroxylation sites is 2. The molecule has 2 aliphatic rings. The van der Waals surface area contributed by atoms with Gasteiger partial charge in [0.2, 0.25) is 0 Å². The van der Waals surface area contributed by atoms with Crippen LogP contribution in [0.2, 0.25) is 0 Å². The fourth-order valence-corrected chi connectivity index (χ4v) is 13.2. The van der Waals surface area contributed by atoms with Crippen LogP contribution in [-0.2, 0) is 5.41 Å². The Morgan fingerprint density at radius 1 is 0.185 bits per heavy atom. The van der Waals surface area contributed by atoms with Crippen LogP contribution in [0.5, 0.6) is 0 Å². The monoisotopic (exact) mass is 1030 g/mol. The summed E-state index contributed by atoms with van der Waals surface area (Å²) in [7, 11) is 0. The first-order chi connectivity index (χ1) is 40.2. The van der Waals surface area contributed by atoms with E-state index >= 15 is 0 Å². The van der Waals surface area contributed by atoms with E-state index in [0.717, 1.165) is 73.1 Å². The fraction of sp³-hybridized carbons (Fsp3) is 0.0127. The minimum atomic E-state index is -0.578. The molecule has 2 nitrogen and oxygen atoms in total. The summed E-state index contributed by atoms with van der Waals surface area (Å²) in [5.41, 5.74) is 27.6. The third-order valence-corrected chi connectivity index (χ3v) is 16.7. The van der Waals surface area contributed by atoms with Gasteiger partial charge in [0.25, 0.3) is 0 Å². The Kier molecular flexibility index (Phi) is 11.8. The highest BCUT2D eigenvalue weighted by Gasteiger charge is 2.52. The van der Waals surface area contributed by atoms with Crippen molar-refractivity contribution in [2.24, 2.45) is 0 Å². The van der Waals surface area contributed by atoms with Crippen LogP contribution in [0.3, 0.4) is 0 Å². The topological polar surface area (TPSA) is 6.48 Å². The lowest BCUT2D eigenvalue weighted by molar-refractivity contribution is 0.796. The van der Waals surface area contributed by atoms with Gasteiger partial charge in [0.1, 0.15) is 0 Å². The van der Waals surface area contributed by atoms with E-state index in [1.165, 1.54) is 61.2 Å². The van der Waals surface area contributed by atoms with Crippen molar-refractivity contribution in [2.45, 2.75) is 5.41 Å². The zero-order valence-corrected chi connectivity index (χ0v) is 44.6. The average Bonchev–Trinajstić information content (AvgIpc) is 2.39. The van der Waals surface area contributed by atoms with Crippen molar-refractivity contribution < 1.29 is 0 Å². The Balaban J connectivity index is 1.05. The second kappa shape index (κ2) is 20.0. The van der Waals surface area contributed by atoms with Gasteiger partial charge in [-0.25, -0.2) is 0 Å². The maximum atomic E-state index is 2.48. The predicted molar refractivity (Wildman–Crippen MR) is 339 cm³/mol. The molecule has 380 valence electrons. The number of hydrogen-bond acceptors (Lipinski definition) is 2. The van der Waals surface area contributed by atoms with E-state index in [1.807, 2.05) is 0 Å². The van der Waals surface area contributed by atoms with Crippen molar-refractivity contribution in [2.75, 3.05) is 9.80 Å². The molecule has 0 atom stereocenters. The van der Waals surface area contributed by atoms with Crippen molar-refractivity contribution in [3.05, 3.63) is 350 Å². The lowest BCUT2D eigenvalue weighted by atomic mass is 9.68. The lowest BCUT2D eigenvalue weighted by Crippen LogP contribution is -2.26. The van der Waals surface area contributed by atoms with Crippen LogP contribution >= 0.6 is 0 Å². The van der Waals surface area contributed by atoms with Crippen LogP contribution < -0.4 is 9.80 Å². The SMILES string of the molecule is c1ccc(-c2ccc(N(c3cc(-c4cccc5c4C4(c6ccccc6-c6ccccc64)c4ccccc4-5)cc(N(c4ccc(-c5ccccc5)cc4)c4ccccc4-c4ccccc4)c3)c3ccccc3-c3ccccc3)cc2)cc1. The smallest absolute Gasteiger partial charge is 0.0731 e. The summed E-state index contributed by atoms with van der Waals surface area (Å²) in [5.74, 6) is 0. The zero-order chi connectivity index (χ0) is 53.7. The number of hydrogen-bond donors (Lipinski definition) is 0. The van der Waals surface area contributed by atoms with Gasteiger partial charge in [-0.1, -0.05) is 273 Å². The zero-order valence-electron chi connectivity index (χ0n) is 44.6. The normalized spacial score (nSPS) is 12.3. The Labute approximate surface area is 474 Å². The molecule has 0 N–H and O–H groups in total. The molecule has 1 spiro atoms. The highest BCUT2D eigenvalue weighted by molar-refractivity contribution is 6.01. The maximum absolute atomic E-state index is 2.48. The summed E-state index contributed by atoms with van der Waals surface area (Å²) in [6, 6.07) is 121. The molecule has 0 aliphatic heterocycles. The number of rotatable bonds is 11. The summed E-state index contributed by atoms with van der Waals surface area (Å²) in [6.45, 7) is 0. The van der Waals surface area contributed by atoms with Crippen LogP contribution in [0.25, 0.3) is 77.9 Å². The van der Waals surface area contributed by atoms with E-state index in [1.54, 1.807) is 0 Å².